The zero-order valence-corrected chi connectivity index (χ0v) is 17.4. The van der Waals surface area contributed by atoms with Crippen LogP contribution >= 0.6 is 0 Å². The largest absolute Gasteiger partial charge is 0.481 e. The van der Waals surface area contributed by atoms with E-state index in [1.54, 1.807) is 18.3 Å². The van der Waals surface area contributed by atoms with Gasteiger partial charge in [0.15, 0.2) is 11.6 Å². The first kappa shape index (κ1) is 21.9. The molecule has 2 aromatic heterocycles. The maximum Gasteiger partial charge on any atom is 0.331 e. The molecular weight excluding hydrogens is 438 g/mol. The number of carbonyl (C=O) groups is 1. The van der Waals surface area contributed by atoms with Crippen LogP contribution in [0.3, 0.4) is 0 Å². The Labute approximate surface area is 185 Å². The van der Waals surface area contributed by atoms with Crippen molar-refractivity contribution in [3.8, 4) is 11.8 Å². The Balaban J connectivity index is 1.57. The summed E-state index contributed by atoms with van der Waals surface area (Å²) in [6.45, 7) is -0.257. The van der Waals surface area contributed by atoms with Crippen LogP contribution in [-0.2, 0) is 17.9 Å². The number of H-pyrrole nitrogens is 1. The van der Waals surface area contributed by atoms with Gasteiger partial charge in [0.2, 0.25) is 11.8 Å². The third kappa shape index (κ3) is 4.66. The number of aromatic amines is 1. The van der Waals surface area contributed by atoms with Crippen molar-refractivity contribution in [1.29, 1.82) is 0 Å². The molecule has 1 aromatic carbocycles. The van der Waals surface area contributed by atoms with Crippen LogP contribution in [0.4, 0.5) is 8.78 Å². The van der Waals surface area contributed by atoms with Gasteiger partial charge < -0.3 is 14.8 Å². The van der Waals surface area contributed by atoms with E-state index in [1.807, 2.05) is 0 Å². The van der Waals surface area contributed by atoms with Gasteiger partial charge in [-0.15, -0.1) is 0 Å². The molecule has 170 valence electrons. The molecule has 0 atom stereocenters. The Kier molecular flexibility index (Phi) is 6.03. The molecule has 1 amide bonds. The summed E-state index contributed by atoms with van der Waals surface area (Å²) in [4.78, 5) is 44.3. The average Bonchev–Trinajstić information content (AvgIpc) is 2.82. The maximum atomic E-state index is 13.5. The molecule has 0 bridgehead atoms. The highest BCUT2D eigenvalue weighted by Gasteiger charge is 2.22. The summed E-state index contributed by atoms with van der Waals surface area (Å²) < 4.78 is 37.9. The van der Waals surface area contributed by atoms with Crippen molar-refractivity contribution >= 4 is 12.0 Å². The summed E-state index contributed by atoms with van der Waals surface area (Å²) in [6, 6.07) is 6.46. The summed E-state index contributed by atoms with van der Waals surface area (Å²) >= 11 is 0. The minimum atomic E-state index is -1.09. The standard InChI is InChI=1S/C22H18F2N4O5/c1-32-18-7-12(4-5-25-18)9-26-19(29)14-8-15-20(33-11-14)27-22(31)28(21(15)30)10-13-2-3-16(23)17(24)6-13/h2-8H,9-11H2,1H3,(H,26,29)(H,27,31). The number of rotatable bonds is 6. The number of ether oxygens (including phenoxy) is 2. The molecule has 0 fully saturated rings. The summed E-state index contributed by atoms with van der Waals surface area (Å²) in [5.74, 6) is -2.26. The first-order chi connectivity index (χ1) is 15.9. The molecule has 0 saturated heterocycles. The van der Waals surface area contributed by atoms with Crippen LogP contribution in [0.2, 0.25) is 0 Å². The van der Waals surface area contributed by atoms with Crippen molar-refractivity contribution in [2.24, 2.45) is 0 Å². The molecule has 0 aliphatic carbocycles. The van der Waals surface area contributed by atoms with Crippen molar-refractivity contribution < 1.29 is 23.0 Å². The normalized spacial score (nSPS) is 12.4. The smallest absolute Gasteiger partial charge is 0.331 e. The third-order valence-corrected chi connectivity index (χ3v) is 4.95. The number of benzene rings is 1. The van der Waals surface area contributed by atoms with E-state index in [0.29, 0.717) is 5.88 Å². The lowest BCUT2D eigenvalue weighted by molar-refractivity contribution is -0.117. The third-order valence-electron chi connectivity index (χ3n) is 4.95. The molecule has 33 heavy (non-hydrogen) atoms. The average molecular weight is 456 g/mol. The number of fused-ring (bicyclic) bond motifs is 1. The number of carbonyl (C=O) groups excluding carboxylic acids is 1. The fraction of sp³-hybridized carbons (Fsp3) is 0.182. The molecular formula is C22H18F2N4O5. The van der Waals surface area contributed by atoms with Gasteiger partial charge >= 0.3 is 5.69 Å². The predicted molar refractivity (Wildman–Crippen MR) is 113 cm³/mol. The number of nitrogens with zero attached hydrogens (tertiary/aromatic N) is 2. The molecule has 2 N–H and O–H groups in total. The van der Waals surface area contributed by atoms with Gasteiger partial charge in [0.05, 0.1) is 19.2 Å². The van der Waals surface area contributed by atoms with Gasteiger partial charge in [0.1, 0.15) is 12.2 Å². The second-order valence-electron chi connectivity index (χ2n) is 7.16. The predicted octanol–water partition coefficient (Wildman–Crippen LogP) is 1.36. The summed E-state index contributed by atoms with van der Waals surface area (Å²) in [5.41, 5.74) is -0.399. The molecule has 0 radical (unpaired) electrons. The number of nitrogens with one attached hydrogen (secondary N) is 2. The first-order valence-electron chi connectivity index (χ1n) is 9.77. The van der Waals surface area contributed by atoms with E-state index >= 15 is 0 Å². The van der Waals surface area contributed by atoms with Gasteiger partial charge in [-0.2, -0.15) is 0 Å². The van der Waals surface area contributed by atoms with Gasteiger partial charge in [-0.25, -0.2) is 18.6 Å². The first-order valence-corrected chi connectivity index (χ1v) is 9.77. The van der Waals surface area contributed by atoms with Gasteiger partial charge in [0.25, 0.3) is 11.5 Å². The number of halogens is 2. The fourth-order valence-corrected chi connectivity index (χ4v) is 3.24. The summed E-state index contributed by atoms with van der Waals surface area (Å²) in [5, 5.41) is 2.72. The molecule has 1 aliphatic rings. The van der Waals surface area contributed by atoms with Crippen LogP contribution in [0, 0.1) is 11.6 Å². The molecule has 3 heterocycles. The summed E-state index contributed by atoms with van der Waals surface area (Å²) in [7, 11) is 1.48. The minimum Gasteiger partial charge on any atom is -0.481 e. The molecule has 1 aliphatic heterocycles. The fourth-order valence-electron chi connectivity index (χ4n) is 3.24. The van der Waals surface area contributed by atoms with E-state index < -0.39 is 28.8 Å². The Morgan fingerprint density at radius 3 is 2.79 bits per heavy atom. The van der Waals surface area contributed by atoms with Gasteiger partial charge in [0, 0.05) is 18.8 Å². The van der Waals surface area contributed by atoms with Crippen molar-refractivity contribution in [2.75, 3.05) is 13.7 Å². The van der Waals surface area contributed by atoms with E-state index in [4.69, 9.17) is 9.47 Å². The van der Waals surface area contributed by atoms with Crippen LogP contribution in [0.15, 0.2) is 51.7 Å². The van der Waals surface area contributed by atoms with Gasteiger partial charge in [-0.1, -0.05) is 6.07 Å². The van der Waals surface area contributed by atoms with Gasteiger partial charge in [-0.3, -0.25) is 19.1 Å². The SMILES string of the molecule is COc1cc(CNC(=O)C2=Cc3c([nH]c(=O)n(Cc4ccc(F)c(F)c4)c3=O)OC2)ccn1. The molecule has 0 unspecified atom stereocenters. The number of hydrogen-bond acceptors (Lipinski definition) is 6. The molecule has 0 saturated carbocycles. The van der Waals surface area contributed by atoms with Gasteiger partial charge in [-0.05, 0) is 35.4 Å². The quantitative estimate of drug-likeness (QED) is 0.579. The van der Waals surface area contributed by atoms with Crippen LogP contribution in [0.5, 0.6) is 11.8 Å². The summed E-state index contributed by atoms with van der Waals surface area (Å²) in [6.07, 6.45) is 2.88. The number of hydrogen-bond donors (Lipinski definition) is 2. The molecule has 0 spiro atoms. The van der Waals surface area contributed by atoms with Crippen molar-refractivity contribution in [1.82, 2.24) is 19.9 Å². The highest BCUT2D eigenvalue weighted by Crippen LogP contribution is 2.20. The Morgan fingerprint density at radius 1 is 1.21 bits per heavy atom. The number of aromatic nitrogens is 3. The van der Waals surface area contributed by atoms with Crippen molar-refractivity contribution in [2.45, 2.75) is 13.1 Å². The molecule has 4 rings (SSSR count). The Bertz CT molecular complexity index is 1380. The Hall–Kier alpha value is -4.28. The lowest BCUT2D eigenvalue weighted by atomic mass is 10.1. The topological polar surface area (TPSA) is 115 Å². The van der Waals surface area contributed by atoms with Crippen LogP contribution in [0.25, 0.3) is 6.08 Å². The Morgan fingerprint density at radius 2 is 2.03 bits per heavy atom. The van der Waals surface area contributed by atoms with Crippen LogP contribution in [0.1, 0.15) is 16.7 Å². The van der Waals surface area contributed by atoms with Crippen LogP contribution in [-0.4, -0.2) is 34.2 Å². The van der Waals surface area contributed by atoms with Crippen molar-refractivity contribution in [3.63, 3.8) is 0 Å². The second-order valence-corrected chi connectivity index (χ2v) is 7.16. The van der Waals surface area contributed by atoms with E-state index in [1.165, 1.54) is 19.3 Å². The zero-order chi connectivity index (χ0) is 23.5. The molecule has 3 aromatic rings. The lowest BCUT2D eigenvalue weighted by Crippen LogP contribution is -2.39. The molecule has 9 nitrogen and oxygen atoms in total. The zero-order valence-electron chi connectivity index (χ0n) is 17.4. The van der Waals surface area contributed by atoms with Crippen molar-refractivity contribution in [3.05, 3.63) is 91.3 Å². The van der Waals surface area contributed by atoms with E-state index in [2.05, 4.69) is 15.3 Å². The highest BCUT2D eigenvalue weighted by molar-refractivity contribution is 5.98. The maximum absolute atomic E-state index is 13.5. The number of amides is 1. The second kappa shape index (κ2) is 9.07. The van der Waals surface area contributed by atoms with E-state index in [0.717, 1.165) is 22.3 Å². The number of pyridine rings is 1. The van der Waals surface area contributed by atoms with Crippen LogP contribution < -0.4 is 26.0 Å². The monoisotopic (exact) mass is 456 g/mol. The highest BCUT2D eigenvalue weighted by atomic mass is 19.2. The molecule has 11 heteroatoms. The lowest BCUT2D eigenvalue weighted by Gasteiger charge is -2.18. The minimum absolute atomic E-state index is 0.0286. The number of methoxy groups -OCH3 is 1. The van der Waals surface area contributed by atoms with E-state index in [9.17, 15) is 23.2 Å². The van der Waals surface area contributed by atoms with E-state index in [-0.39, 0.29) is 42.3 Å².